The van der Waals surface area contributed by atoms with Gasteiger partial charge in [0, 0.05) is 49.8 Å². The number of rotatable bonds is 24. The number of imidazole rings is 1. The van der Waals surface area contributed by atoms with Gasteiger partial charge in [0.2, 0.25) is 29.5 Å². The predicted molar refractivity (Wildman–Crippen MR) is 207 cm³/mol. The van der Waals surface area contributed by atoms with E-state index in [0.717, 1.165) is 0 Å². The van der Waals surface area contributed by atoms with Gasteiger partial charge in [-0.25, -0.2) is 9.78 Å². The van der Waals surface area contributed by atoms with E-state index >= 15 is 0 Å². The van der Waals surface area contributed by atoms with Gasteiger partial charge in [-0.05, 0) is 83.1 Å². The third kappa shape index (κ3) is 15.9. The summed E-state index contributed by atoms with van der Waals surface area (Å²) in [5, 5.41) is 39.1. The molecule has 2 heterocycles. The SMILES string of the molecule is C[C@H](N)C(=O)N[C@@H](Cc1cnc[nH]1)C(=O)N[C@@H](CCCCNC(=O)CCCCCC(=O)NNc1ccc(C(=O)N[C@H](C)C(=O)N2CCC[C@H]2B(O)O)cc1)C(=O)O. The lowest BCUT2D eigenvalue weighted by molar-refractivity contribution is -0.142. The number of unbranched alkanes of at least 4 members (excludes halogenated alkanes) is 3. The second kappa shape index (κ2) is 23.5. The number of H-pyrrole nitrogens is 1. The number of likely N-dealkylation sites (tertiary alicyclic amines) is 1. The van der Waals surface area contributed by atoms with Crippen molar-refractivity contribution >= 4 is 54.2 Å². The lowest BCUT2D eigenvalue weighted by atomic mass is 9.78. The Balaban J connectivity index is 1.26. The number of carboxylic acids is 1. The summed E-state index contributed by atoms with van der Waals surface area (Å²) in [7, 11) is -1.64. The molecule has 6 amide bonds. The van der Waals surface area contributed by atoms with E-state index < -0.39 is 66.8 Å². The molecule has 12 N–H and O–H groups in total. The first-order chi connectivity index (χ1) is 27.2. The number of carbonyl (C=O) groups is 7. The monoisotopic (exact) mass is 798 g/mol. The molecule has 0 saturated carbocycles. The number of nitrogens with two attached hydrogens (primary N) is 1. The molecule has 312 valence electrons. The molecule has 1 aromatic carbocycles. The van der Waals surface area contributed by atoms with Crippen LogP contribution in [0.2, 0.25) is 0 Å². The van der Waals surface area contributed by atoms with Crippen molar-refractivity contribution in [1.82, 2.24) is 41.6 Å². The highest BCUT2D eigenvalue weighted by Gasteiger charge is 2.38. The number of carbonyl (C=O) groups excluding carboxylic acids is 6. The van der Waals surface area contributed by atoms with Crippen molar-refractivity contribution in [2.45, 2.75) is 115 Å². The molecular formula is C36H55BN10O10. The van der Waals surface area contributed by atoms with Gasteiger partial charge in [-0.2, -0.15) is 0 Å². The summed E-state index contributed by atoms with van der Waals surface area (Å²) < 4.78 is 0. The van der Waals surface area contributed by atoms with Crippen molar-refractivity contribution in [2.24, 2.45) is 5.73 Å². The maximum absolute atomic E-state index is 12.9. The van der Waals surface area contributed by atoms with Gasteiger partial charge in [-0.15, -0.1) is 0 Å². The van der Waals surface area contributed by atoms with Crippen molar-refractivity contribution in [3.8, 4) is 0 Å². The zero-order chi connectivity index (χ0) is 41.9. The van der Waals surface area contributed by atoms with E-state index in [2.05, 4.69) is 42.1 Å². The van der Waals surface area contributed by atoms with E-state index in [1.165, 1.54) is 43.4 Å². The van der Waals surface area contributed by atoms with E-state index in [9.17, 15) is 48.7 Å². The summed E-state index contributed by atoms with van der Waals surface area (Å²) in [4.78, 5) is 95.0. The zero-order valence-corrected chi connectivity index (χ0v) is 32.3. The van der Waals surface area contributed by atoms with Crippen LogP contribution in [-0.4, -0.2) is 122 Å². The Bertz CT molecular complexity index is 1640. The summed E-state index contributed by atoms with van der Waals surface area (Å²) in [6.07, 6.45) is 7.30. The molecule has 20 nitrogen and oxygen atoms in total. The third-order valence-corrected chi connectivity index (χ3v) is 9.33. The van der Waals surface area contributed by atoms with Crippen molar-refractivity contribution < 1.29 is 48.7 Å². The summed E-state index contributed by atoms with van der Waals surface area (Å²) in [5.41, 5.74) is 12.4. The molecule has 0 radical (unpaired) electrons. The van der Waals surface area contributed by atoms with E-state index in [0.29, 0.717) is 75.0 Å². The first-order valence-electron chi connectivity index (χ1n) is 19.1. The minimum Gasteiger partial charge on any atom is -0.480 e. The smallest absolute Gasteiger partial charge is 0.475 e. The molecule has 5 atom stereocenters. The summed E-state index contributed by atoms with van der Waals surface area (Å²) in [5.74, 6) is -4.48. The van der Waals surface area contributed by atoms with E-state index in [1.807, 2.05) is 0 Å². The molecule has 1 saturated heterocycles. The highest BCUT2D eigenvalue weighted by atomic mass is 16.4. The second-order valence-electron chi connectivity index (χ2n) is 14.0. The average Bonchev–Trinajstić information content (AvgIpc) is 3.89. The summed E-state index contributed by atoms with van der Waals surface area (Å²) in [6, 6.07) is 2.23. The lowest BCUT2D eigenvalue weighted by Gasteiger charge is -2.27. The van der Waals surface area contributed by atoms with Gasteiger partial charge in [-0.3, -0.25) is 39.6 Å². The van der Waals surface area contributed by atoms with Crippen LogP contribution >= 0.6 is 0 Å². The number of carboxylic acid groups (broad SMARTS) is 1. The Hall–Kier alpha value is -5.54. The van der Waals surface area contributed by atoms with E-state index in [1.54, 1.807) is 12.1 Å². The fraction of sp³-hybridized carbons (Fsp3) is 0.556. The van der Waals surface area contributed by atoms with Gasteiger partial charge in [0.25, 0.3) is 5.91 Å². The number of aliphatic carboxylic acids is 1. The van der Waals surface area contributed by atoms with Crippen molar-refractivity contribution in [3.05, 3.63) is 48.0 Å². The average molecular weight is 799 g/mol. The predicted octanol–water partition coefficient (Wildman–Crippen LogP) is -1.14. The largest absolute Gasteiger partial charge is 0.480 e. The second-order valence-corrected chi connectivity index (χ2v) is 14.0. The molecule has 0 unspecified atom stereocenters. The number of nitrogens with zero attached hydrogens (tertiary/aromatic N) is 2. The normalized spacial score (nSPS) is 15.7. The zero-order valence-electron chi connectivity index (χ0n) is 32.3. The number of aromatic amines is 1. The molecule has 1 aliphatic heterocycles. The number of amides is 6. The van der Waals surface area contributed by atoms with Crippen LogP contribution in [0.25, 0.3) is 0 Å². The molecule has 0 spiro atoms. The number of nitrogens with one attached hydrogen (secondary N) is 7. The summed E-state index contributed by atoms with van der Waals surface area (Å²) >= 11 is 0. The number of hydrogen-bond acceptors (Lipinski definition) is 12. The van der Waals surface area contributed by atoms with E-state index in [4.69, 9.17) is 5.73 Å². The van der Waals surface area contributed by atoms with Crippen molar-refractivity contribution in [1.29, 1.82) is 0 Å². The van der Waals surface area contributed by atoms with E-state index in [-0.39, 0.29) is 37.5 Å². The maximum atomic E-state index is 12.9. The van der Waals surface area contributed by atoms with Gasteiger partial charge in [-0.1, -0.05) is 6.42 Å². The number of anilines is 1. The van der Waals surface area contributed by atoms with Crippen LogP contribution < -0.4 is 37.9 Å². The molecule has 2 aromatic rings. The van der Waals surface area contributed by atoms with Crippen LogP contribution in [0.5, 0.6) is 0 Å². The third-order valence-electron chi connectivity index (χ3n) is 9.33. The topological polar surface area (TPSA) is 310 Å². The quantitative estimate of drug-likeness (QED) is 0.0340. The number of hydrazine groups is 1. The Morgan fingerprint density at radius 1 is 0.912 bits per heavy atom. The van der Waals surface area contributed by atoms with Crippen LogP contribution in [-0.2, 0) is 35.2 Å². The number of benzene rings is 1. The Morgan fingerprint density at radius 3 is 2.23 bits per heavy atom. The summed E-state index contributed by atoms with van der Waals surface area (Å²) in [6.45, 7) is 3.71. The number of hydrogen-bond donors (Lipinski definition) is 11. The minimum atomic E-state index is -1.64. The van der Waals surface area contributed by atoms with Crippen LogP contribution in [0.3, 0.4) is 0 Å². The van der Waals surface area contributed by atoms with Crippen LogP contribution in [0.15, 0.2) is 36.8 Å². The molecule has 1 fully saturated rings. The fourth-order valence-electron chi connectivity index (χ4n) is 6.07. The molecule has 0 bridgehead atoms. The van der Waals surface area contributed by atoms with Gasteiger partial charge >= 0.3 is 13.1 Å². The molecule has 57 heavy (non-hydrogen) atoms. The molecule has 21 heteroatoms. The minimum absolute atomic E-state index is 0.0573. The fourth-order valence-corrected chi connectivity index (χ4v) is 6.07. The lowest BCUT2D eigenvalue weighted by Crippen LogP contribution is -2.54. The molecule has 0 aliphatic carbocycles. The Morgan fingerprint density at radius 2 is 1.60 bits per heavy atom. The Kier molecular flexibility index (Phi) is 18.9. The first kappa shape index (κ1) is 45.9. The number of aromatic nitrogens is 2. The van der Waals surface area contributed by atoms with Gasteiger partial charge in [0.05, 0.1) is 24.0 Å². The molecule has 1 aliphatic rings. The van der Waals surface area contributed by atoms with Gasteiger partial charge in [0.15, 0.2) is 0 Å². The standard InChI is InChI=1S/C36H55BN10O10/c1-22(38)32(50)44-28(19-26-20-39-21-41-26)34(52)43-27(36(54)55)9-6-7-17-40-30(48)11-4-3-5-12-31(49)46-45-25-15-13-24(14-16-25)33(51)42-23(2)35(53)47-18-8-10-29(47)37(56)57/h13-16,20-23,27-29,45,56-57H,3-12,17-19,38H2,1-2H3,(H,39,41)(H,40,48)(H,42,51)(H,43,52)(H,44,50)(H,46,49)(H,54,55)/t22-,23+,27-,28-,29-/m0/s1. The Labute approximate surface area is 331 Å². The molecule has 3 rings (SSSR count). The van der Waals surface area contributed by atoms with Crippen molar-refractivity contribution in [2.75, 3.05) is 18.5 Å². The van der Waals surface area contributed by atoms with Crippen LogP contribution in [0, 0.1) is 0 Å². The van der Waals surface area contributed by atoms with Gasteiger partial charge < -0.3 is 52.0 Å². The molecule has 1 aromatic heterocycles. The highest BCUT2D eigenvalue weighted by molar-refractivity contribution is 6.43. The first-order valence-corrected chi connectivity index (χ1v) is 19.1. The highest BCUT2D eigenvalue weighted by Crippen LogP contribution is 2.19. The maximum Gasteiger partial charge on any atom is 0.475 e. The molecular weight excluding hydrogens is 743 g/mol. The van der Waals surface area contributed by atoms with Gasteiger partial charge in [0.1, 0.15) is 18.1 Å². The van der Waals surface area contributed by atoms with Crippen LogP contribution in [0.4, 0.5) is 5.69 Å². The van der Waals surface area contributed by atoms with Crippen molar-refractivity contribution in [3.63, 3.8) is 0 Å². The van der Waals surface area contributed by atoms with Crippen LogP contribution in [0.1, 0.15) is 94.1 Å².